The Hall–Kier alpha value is -4.26. The zero-order valence-corrected chi connectivity index (χ0v) is 22.9. The third kappa shape index (κ3) is 4.34. The van der Waals surface area contributed by atoms with Crippen LogP contribution in [0.2, 0.25) is 0 Å². The Morgan fingerprint density at radius 2 is 1.79 bits per heavy atom. The monoisotopic (exact) mass is 584 g/mol. The number of nitrogens with zero attached hydrogens (tertiary/aromatic N) is 5. The number of benzene rings is 2. The number of carbonyl (C=O) groups is 3. The van der Waals surface area contributed by atoms with Crippen molar-refractivity contribution in [2.24, 2.45) is 7.05 Å². The van der Waals surface area contributed by atoms with E-state index in [-0.39, 0.29) is 12.0 Å². The van der Waals surface area contributed by atoms with Gasteiger partial charge in [0.1, 0.15) is 17.9 Å². The first-order valence-corrected chi connectivity index (χ1v) is 13.4. The first-order valence-electron chi connectivity index (χ1n) is 13.4. The van der Waals surface area contributed by atoms with Crippen LogP contribution in [0.1, 0.15) is 23.1 Å². The molecule has 42 heavy (non-hydrogen) atoms. The average molecular weight is 585 g/mol. The third-order valence-electron chi connectivity index (χ3n) is 8.50. The number of aromatic nitrogens is 2. The number of hydrogen-bond donors (Lipinski definition) is 1. The van der Waals surface area contributed by atoms with Crippen LogP contribution in [0.5, 0.6) is 0 Å². The molecule has 0 saturated carbocycles. The summed E-state index contributed by atoms with van der Waals surface area (Å²) in [7, 11) is 3.30. The third-order valence-corrected chi connectivity index (χ3v) is 8.50. The lowest BCUT2D eigenvalue weighted by atomic mass is 9.86. The largest absolute Gasteiger partial charge is 0.414 e. The SMILES string of the molecule is CN1CC(N(Cc2ccc(F)cc2)C(=O)CN2C(=O)N[C@]3(CCc4cc(-c5cnn(C)c5)ccc43)C2=O)(C(F)(F)F)C1. The molecule has 0 bridgehead atoms. The molecular weight excluding hydrogens is 556 g/mol. The van der Waals surface area contributed by atoms with Crippen LogP contribution in [-0.2, 0) is 35.1 Å². The van der Waals surface area contributed by atoms with Gasteiger partial charge in [0.15, 0.2) is 5.54 Å². The summed E-state index contributed by atoms with van der Waals surface area (Å²) in [6.45, 7) is -2.28. The fraction of sp³-hybridized carbons (Fsp3) is 0.379. The van der Waals surface area contributed by atoms with Crippen molar-refractivity contribution in [3.63, 3.8) is 0 Å². The normalized spacial score (nSPS) is 21.4. The van der Waals surface area contributed by atoms with Crippen LogP contribution in [0.3, 0.4) is 0 Å². The molecule has 2 fully saturated rings. The van der Waals surface area contributed by atoms with E-state index in [9.17, 15) is 31.9 Å². The van der Waals surface area contributed by atoms with Crippen molar-refractivity contribution in [1.82, 2.24) is 29.8 Å². The molecule has 1 N–H and O–H groups in total. The molecule has 3 aromatic rings. The number of aryl methyl sites for hydroxylation is 2. The standard InChI is InChI=1S/C29H28F4N6O3/c1-36-16-27(17-36,29(31,32)33)39(13-18-3-6-22(30)7-4-18)24(40)15-38-25(41)28(35-26(38)42)10-9-20-11-19(5-8-23(20)28)21-12-34-37(2)14-21/h3-8,11-12,14H,9-10,13,15-17H2,1-2H3,(H,35,42)/t28-/m0/s1. The second-order valence-corrected chi connectivity index (χ2v) is 11.3. The Labute approximate surface area is 238 Å². The minimum Gasteiger partial charge on any atom is -0.320 e. The molecule has 2 saturated heterocycles. The quantitative estimate of drug-likeness (QED) is 0.355. The lowest BCUT2D eigenvalue weighted by molar-refractivity contribution is -0.268. The van der Waals surface area contributed by atoms with Gasteiger partial charge in [-0.05, 0) is 54.3 Å². The number of alkyl halides is 3. The van der Waals surface area contributed by atoms with Crippen LogP contribution in [-0.4, -0.2) is 80.7 Å². The van der Waals surface area contributed by atoms with E-state index in [0.717, 1.165) is 28.8 Å². The van der Waals surface area contributed by atoms with Crippen molar-refractivity contribution < 1.29 is 31.9 Å². The first kappa shape index (κ1) is 27.9. The number of amides is 4. The molecule has 0 unspecified atom stereocenters. The van der Waals surface area contributed by atoms with E-state index in [1.54, 1.807) is 24.0 Å². The predicted molar refractivity (Wildman–Crippen MR) is 142 cm³/mol. The van der Waals surface area contributed by atoms with Crippen molar-refractivity contribution in [3.05, 3.63) is 77.4 Å². The van der Waals surface area contributed by atoms with Gasteiger partial charge in [0.05, 0.1) is 6.20 Å². The number of halogens is 4. The molecule has 1 spiro atoms. The van der Waals surface area contributed by atoms with E-state index in [4.69, 9.17) is 0 Å². The lowest BCUT2D eigenvalue weighted by Gasteiger charge is -2.55. The van der Waals surface area contributed by atoms with Gasteiger partial charge in [-0.3, -0.25) is 19.2 Å². The Kier molecular flexibility index (Phi) is 6.41. The molecule has 9 nitrogen and oxygen atoms in total. The minimum absolute atomic E-state index is 0.255. The fourth-order valence-electron chi connectivity index (χ4n) is 6.37. The molecule has 3 aliphatic rings. The average Bonchev–Trinajstić information content (AvgIpc) is 3.58. The van der Waals surface area contributed by atoms with Gasteiger partial charge in [-0.25, -0.2) is 9.18 Å². The molecule has 1 aliphatic carbocycles. The zero-order chi connectivity index (χ0) is 30.0. The Morgan fingerprint density at radius 3 is 2.40 bits per heavy atom. The van der Waals surface area contributed by atoms with E-state index in [1.807, 2.05) is 18.3 Å². The fourth-order valence-corrected chi connectivity index (χ4v) is 6.37. The van der Waals surface area contributed by atoms with Crippen LogP contribution >= 0.6 is 0 Å². The van der Waals surface area contributed by atoms with Crippen LogP contribution in [0, 0.1) is 5.82 Å². The predicted octanol–water partition coefficient (Wildman–Crippen LogP) is 3.19. The Bertz CT molecular complexity index is 1580. The highest BCUT2D eigenvalue weighted by Crippen LogP contribution is 2.45. The van der Waals surface area contributed by atoms with E-state index in [0.29, 0.717) is 21.8 Å². The highest BCUT2D eigenvalue weighted by Gasteiger charge is 2.66. The topological polar surface area (TPSA) is 90.8 Å². The maximum absolute atomic E-state index is 14.5. The second kappa shape index (κ2) is 9.65. The van der Waals surface area contributed by atoms with Gasteiger partial charge < -0.3 is 15.1 Å². The molecule has 4 amide bonds. The summed E-state index contributed by atoms with van der Waals surface area (Å²) in [6, 6.07) is 9.48. The van der Waals surface area contributed by atoms with E-state index < -0.39 is 67.1 Å². The maximum atomic E-state index is 14.5. The molecule has 13 heteroatoms. The second-order valence-electron chi connectivity index (χ2n) is 11.3. The maximum Gasteiger partial charge on any atom is 0.414 e. The zero-order valence-electron chi connectivity index (χ0n) is 22.9. The molecule has 3 heterocycles. The van der Waals surface area contributed by atoms with Gasteiger partial charge in [-0.15, -0.1) is 0 Å². The van der Waals surface area contributed by atoms with E-state index in [1.165, 1.54) is 24.1 Å². The molecule has 6 rings (SSSR count). The summed E-state index contributed by atoms with van der Waals surface area (Å²) in [5, 5.41) is 6.91. The molecule has 1 aromatic heterocycles. The van der Waals surface area contributed by atoms with Gasteiger partial charge in [-0.2, -0.15) is 18.3 Å². The van der Waals surface area contributed by atoms with Crippen molar-refractivity contribution >= 4 is 17.8 Å². The Morgan fingerprint density at radius 1 is 1.07 bits per heavy atom. The van der Waals surface area contributed by atoms with Gasteiger partial charge in [0, 0.05) is 38.4 Å². The molecule has 2 aromatic carbocycles. The summed E-state index contributed by atoms with van der Waals surface area (Å²) in [5.41, 5.74) is -0.416. The van der Waals surface area contributed by atoms with Crippen LogP contribution in [0.15, 0.2) is 54.9 Å². The van der Waals surface area contributed by atoms with Gasteiger partial charge in [0.2, 0.25) is 5.91 Å². The molecule has 1 atom stereocenters. The Balaban J connectivity index is 1.28. The smallest absolute Gasteiger partial charge is 0.320 e. The van der Waals surface area contributed by atoms with Crippen molar-refractivity contribution in [1.29, 1.82) is 0 Å². The highest BCUT2D eigenvalue weighted by atomic mass is 19.4. The summed E-state index contributed by atoms with van der Waals surface area (Å²) in [4.78, 5) is 43.4. The van der Waals surface area contributed by atoms with Gasteiger partial charge in [-0.1, -0.05) is 30.3 Å². The van der Waals surface area contributed by atoms with Crippen LogP contribution in [0.4, 0.5) is 22.4 Å². The molecule has 2 aliphatic heterocycles. The van der Waals surface area contributed by atoms with E-state index in [2.05, 4.69) is 10.4 Å². The number of carbonyl (C=O) groups excluding carboxylic acids is 3. The van der Waals surface area contributed by atoms with Crippen molar-refractivity contribution in [3.8, 4) is 11.1 Å². The number of nitrogens with one attached hydrogen (secondary N) is 1. The summed E-state index contributed by atoms with van der Waals surface area (Å²) in [6.07, 6.45) is -0.479. The molecule has 0 radical (unpaired) electrons. The molecular formula is C29H28F4N6O3. The minimum atomic E-state index is -4.79. The number of likely N-dealkylation sites (tertiary alicyclic amines) is 1. The number of fused-ring (bicyclic) bond motifs is 2. The number of rotatable bonds is 6. The summed E-state index contributed by atoms with van der Waals surface area (Å²) >= 11 is 0. The lowest BCUT2D eigenvalue weighted by Crippen LogP contribution is -2.77. The summed E-state index contributed by atoms with van der Waals surface area (Å²) < 4.78 is 58.6. The number of urea groups is 1. The highest BCUT2D eigenvalue weighted by molar-refractivity contribution is 6.10. The van der Waals surface area contributed by atoms with Crippen LogP contribution < -0.4 is 5.32 Å². The van der Waals surface area contributed by atoms with Crippen molar-refractivity contribution in [2.45, 2.75) is 36.6 Å². The number of likely N-dealkylation sites (N-methyl/N-ethyl adjacent to an activating group) is 1. The first-order chi connectivity index (χ1) is 19.8. The number of imide groups is 1. The van der Waals surface area contributed by atoms with Crippen molar-refractivity contribution in [2.75, 3.05) is 26.7 Å². The molecule has 220 valence electrons. The van der Waals surface area contributed by atoms with Gasteiger partial charge in [0.25, 0.3) is 5.91 Å². The number of hydrogen-bond acceptors (Lipinski definition) is 5. The van der Waals surface area contributed by atoms with E-state index >= 15 is 0 Å². The van der Waals surface area contributed by atoms with Gasteiger partial charge >= 0.3 is 12.2 Å². The van der Waals surface area contributed by atoms with Crippen LogP contribution in [0.25, 0.3) is 11.1 Å². The summed E-state index contributed by atoms with van der Waals surface area (Å²) in [5.74, 6) is -2.28.